The first-order chi connectivity index (χ1) is 20.3. The Hall–Kier alpha value is -3.39. The second-order valence-electron chi connectivity index (χ2n) is 13.8. The summed E-state index contributed by atoms with van der Waals surface area (Å²) >= 11 is 0. The van der Waals surface area contributed by atoms with E-state index in [9.17, 15) is 0 Å². The summed E-state index contributed by atoms with van der Waals surface area (Å²) in [4.78, 5) is 2.39. The van der Waals surface area contributed by atoms with Crippen LogP contribution in [0.5, 0.6) is 0 Å². The molecule has 0 aromatic heterocycles. The lowest BCUT2D eigenvalue weighted by molar-refractivity contribution is -0.438. The summed E-state index contributed by atoms with van der Waals surface area (Å²) in [6.07, 6.45) is 19.8. The lowest BCUT2D eigenvalue weighted by Crippen LogP contribution is -2.28. The standard InChI is InChI=1S/C40H49N2/c1-7-26-40(5)33-28-29(2)22-24-34(33)41(6)37(40)21-14-20-36-39(3,4)38-32-19-11-10-18-31(32)23-25-35(38)42(36)27-13-12-17-30-15-8-9-16-30/h7,10-11,14,18-25,28,30H,1,8-9,12-13,15-17,26-27H2,2-6H3/q+1. The summed E-state index contributed by atoms with van der Waals surface area (Å²) in [5, 5.41) is 2.72. The van der Waals surface area contributed by atoms with Crippen LogP contribution in [-0.4, -0.2) is 23.9 Å². The summed E-state index contributed by atoms with van der Waals surface area (Å²) in [6.45, 7) is 14.6. The van der Waals surface area contributed by atoms with E-state index in [4.69, 9.17) is 0 Å². The van der Waals surface area contributed by atoms with Gasteiger partial charge >= 0.3 is 0 Å². The average molecular weight is 558 g/mol. The van der Waals surface area contributed by atoms with Crippen molar-refractivity contribution >= 4 is 27.9 Å². The zero-order valence-corrected chi connectivity index (χ0v) is 26.5. The number of hydrogen-bond donors (Lipinski definition) is 0. The van der Waals surface area contributed by atoms with Gasteiger partial charge in [0, 0.05) is 48.0 Å². The molecule has 0 bridgehead atoms. The van der Waals surface area contributed by atoms with Gasteiger partial charge in [-0.3, -0.25) is 0 Å². The molecule has 1 aliphatic carbocycles. The Bertz CT molecular complexity index is 1590. The van der Waals surface area contributed by atoms with Crippen LogP contribution in [0.1, 0.15) is 88.8 Å². The molecule has 3 aromatic carbocycles. The lowest BCUT2D eigenvalue weighted by atomic mass is 9.77. The molecule has 0 radical (unpaired) electrons. The topological polar surface area (TPSA) is 6.25 Å². The molecule has 1 fully saturated rings. The molecule has 1 atom stereocenters. The Labute approximate surface area is 254 Å². The van der Waals surface area contributed by atoms with E-state index >= 15 is 0 Å². The van der Waals surface area contributed by atoms with Crippen LogP contribution in [0.2, 0.25) is 0 Å². The van der Waals surface area contributed by atoms with E-state index in [1.54, 1.807) is 0 Å². The molecular weight excluding hydrogens is 508 g/mol. The van der Waals surface area contributed by atoms with Crippen molar-refractivity contribution in [3.05, 3.63) is 108 Å². The molecule has 3 aromatic rings. The van der Waals surface area contributed by atoms with E-state index in [2.05, 4.69) is 130 Å². The highest BCUT2D eigenvalue weighted by atomic mass is 15.2. The molecule has 218 valence electrons. The van der Waals surface area contributed by atoms with E-state index in [1.165, 1.54) is 95.2 Å². The summed E-state index contributed by atoms with van der Waals surface area (Å²) in [5.74, 6) is 0.965. The van der Waals surface area contributed by atoms with Crippen molar-refractivity contribution in [3.8, 4) is 0 Å². The average Bonchev–Trinajstić information content (AvgIpc) is 3.62. The smallest absolute Gasteiger partial charge is 0.210 e. The highest BCUT2D eigenvalue weighted by molar-refractivity contribution is 6.07. The number of nitrogens with zero attached hydrogens (tertiary/aromatic N) is 2. The summed E-state index contributed by atoms with van der Waals surface area (Å²) in [7, 11) is 2.22. The third-order valence-corrected chi connectivity index (χ3v) is 10.6. The largest absolute Gasteiger partial charge is 0.347 e. The first-order valence-corrected chi connectivity index (χ1v) is 16.3. The maximum absolute atomic E-state index is 4.13. The van der Waals surface area contributed by atoms with Crippen molar-refractivity contribution in [2.24, 2.45) is 5.92 Å². The maximum Gasteiger partial charge on any atom is 0.210 e. The summed E-state index contributed by atoms with van der Waals surface area (Å²) in [6, 6.07) is 20.5. The van der Waals surface area contributed by atoms with Crippen molar-refractivity contribution in [1.82, 2.24) is 0 Å². The zero-order valence-electron chi connectivity index (χ0n) is 26.5. The van der Waals surface area contributed by atoms with Gasteiger partial charge in [0.25, 0.3) is 0 Å². The van der Waals surface area contributed by atoms with Gasteiger partial charge in [0.2, 0.25) is 5.69 Å². The van der Waals surface area contributed by atoms with E-state index in [0.717, 1.165) is 18.9 Å². The summed E-state index contributed by atoms with van der Waals surface area (Å²) < 4.78 is 2.64. The van der Waals surface area contributed by atoms with Gasteiger partial charge in [-0.1, -0.05) is 86.2 Å². The van der Waals surface area contributed by atoms with Crippen LogP contribution >= 0.6 is 0 Å². The minimum atomic E-state index is -0.0862. The van der Waals surface area contributed by atoms with Crippen LogP contribution < -0.4 is 4.90 Å². The van der Waals surface area contributed by atoms with Gasteiger partial charge in [0.15, 0.2) is 5.71 Å². The van der Waals surface area contributed by atoms with Crippen molar-refractivity contribution in [1.29, 1.82) is 0 Å². The molecule has 2 aliphatic heterocycles. The minimum absolute atomic E-state index is 0.0806. The van der Waals surface area contributed by atoms with E-state index in [-0.39, 0.29) is 10.8 Å². The Morgan fingerprint density at radius 1 is 1.00 bits per heavy atom. The van der Waals surface area contributed by atoms with Crippen molar-refractivity contribution in [2.45, 2.75) is 89.9 Å². The SMILES string of the molecule is C=CCC1(C)C(=CC=CC2=[N+](CCCCC3CCCC3)c3ccc4ccccc4c3C2(C)C)N(C)c2ccc(C)cc21. The van der Waals surface area contributed by atoms with Crippen LogP contribution in [0.15, 0.2) is 91.2 Å². The second-order valence-corrected chi connectivity index (χ2v) is 13.8. The number of anilines is 1. The minimum Gasteiger partial charge on any atom is -0.347 e. The van der Waals surface area contributed by atoms with Crippen LogP contribution in [0.25, 0.3) is 10.8 Å². The Morgan fingerprint density at radius 2 is 1.79 bits per heavy atom. The highest BCUT2D eigenvalue weighted by Crippen LogP contribution is 2.50. The fourth-order valence-corrected chi connectivity index (χ4v) is 8.33. The van der Waals surface area contributed by atoms with Gasteiger partial charge < -0.3 is 4.90 Å². The number of hydrogen-bond acceptors (Lipinski definition) is 1. The predicted octanol–water partition coefficient (Wildman–Crippen LogP) is 10.3. The monoisotopic (exact) mass is 557 g/mol. The van der Waals surface area contributed by atoms with Crippen molar-refractivity contribution < 1.29 is 4.58 Å². The van der Waals surface area contributed by atoms with Gasteiger partial charge in [-0.25, -0.2) is 0 Å². The first kappa shape index (κ1) is 28.7. The molecule has 2 heterocycles. The molecule has 1 unspecified atom stereocenters. The molecule has 3 aliphatic rings. The first-order valence-electron chi connectivity index (χ1n) is 16.3. The number of aryl methyl sites for hydroxylation is 1. The quantitative estimate of drug-likeness (QED) is 0.144. The fourth-order valence-electron chi connectivity index (χ4n) is 8.33. The number of benzene rings is 3. The van der Waals surface area contributed by atoms with Gasteiger partial charge in [-0.15, -0.1) is 6.58 Å². The van der Waals surface area contributed by atoms with Gasteiger partial charge in [-0.05, 0) is 81.0 Å². The molecular formula is C40H49N2+. The van der Waals surface area contributed by atoms with Gasteiger partial charge in [-0.2, -0.15) is 4.58 Å². The third-order valence-electron chi connectivity index (χ3n) is 10.6. The highest BCUT2D eigenvalue weighted by Gasteiger charge is 2.45. The lowest BCUT2D eigenvalue weighted by Gasteiger charge is -2.27. The normalized spacial score (nSPS) is 22.6. The molecule has 42 heavy (non-hydrogen) atoms. The molecule has 0 spiro atoms. The number of rotatable bonds is 9. The Balaban J connectivity index is 1.37. The van der Waals surface area contributed by atoms with Crippen LogP contribution in [0.4, 0.5) is 11.4 Å². The molecule has 6 rings (SSSR count). The van der Waals surface area contributed by atoms with Gasteiger partial charge in [0.1, 0.15) is 6.54 Å². The van der Waals surface area contributed by atoms with E-state index in [0.29, 0.717) is 0 Å². The van der Waals surface area contributed by atoms with Crippen LogP contribution in [0, 0.1) is 12.8 Å². The maximum atomic E-state index is 4.13. The van der Waals surface area contributed by atoms with Crippen molar-refractivity contribution in [2.75, 3.05) is 18.5 Å². The molecule has 0 N–H and O–H groups in total. The molecule has 2 nitrogen and oxygen atoms in total. The number of likely N-dealkylation sites (N-methyl/N-ethyl adjacent to an activating group) is 1. The van der Waals surface area contributed by atoms with E-state index < -0.39 is 0 Å². The number of unbranched alkanes of at least 4 members (excludes halogenated alkanes) is 1. The zero-order chi connectivity index (χ0) is 29.5. The number of fused-ring (bicyclic) bond motifs is 4. The Morgan fingerprint density at radius 3 is 2.57 bits per heavy atom. The molecule has 1 saturated carbocycles. The van der Waals surface area contributed by atoms with Crippen LogP contribution in [-0.2, 0) is 10.8 Å². The fraction of sp³-hybridized carbons (Fsp3) is 0.425. The number of allylic oxidation sites excluding steroid dienone is 5. The van der Waals surface area contributed by atoms with Crippen LogP contribution in [0.3, 0.4) is 0 Å². The predicted molar refractivity (Wildman–Crippen MR) is 182 cm³/mol. The Kier molecular flexibility index (Phi) is 7.77. The second kappa shape index (κ2) is 11.4. The third kappa shape index (κ3) is 4.87. The molecule has 0 amide bonds. The molecule has 2 heteroatoms. The van der Waals surface area contributed by atoms with Gasteiger partial charge in [0.05, 0.1) is 5.41 Å². The summed E-state index contributed by atoms with van der Waals surface area (Å²) in [5.41, 5.74) is 9.46. The van der Waals surface area contributed by atoms with Crippen molar-refractivity contribution in [3.63, 3.8) is 0 Å². The van der Waals surface area contributed by atoms with E-state index in [1.807, 2.05) is 0 Å². The molecule has 0 saturated heterocycles.